The number of H-pyrrole nitrogens is 1. The summed E-state index contributed by atoms with van der Waals surface area (Å²) < 4.78 is 0. The second-order valence-corrected chi connectivity index (χ2v) is 5.11. The molecule has 0 fully saturated rings. The molecule has 0 spiro atoms. The molecule has 2 aromatic carbocycles. The number of halogens is 1. The van der Waals surface area contributed by atoms with Crippen molar-refractivity contribution >= 4 is 34.3 Å². The molecule has 4 heteroatoms. The number of hydrogen-bond donors (Lipinski definition) is 2. The van der Waals surface area contributed by atoms with Crippen LogP contribution in [0.1, 0.15) is 11.1 Å². The third kappa shape index (κ3) is 2.42. The standard InChI is InChI=1S/C15H14ClN3/c1-9-7-13-14(8-10(9)2)19-15(18-13)17-12-5-3-11(16)4-6-12/h3-8H,1-2H3,(H2,17,18,19). The molecule has 3 nitrogen and oxygen atoms in total. The topological polar surface area (TPSA) is 40.7 Å². The number of nitrogens with zero attached hydrogens (tertiary/aromatic N) is 1. The van der Waals surface area contributed by atoms with Crippen LogP contribution in [0.4, 0.5) is 11.6 Å². The molecule has 2 N–H and O–H groups in total. The van der Waals surface area contributed by atoms with E-state index in [2.05, 4.69) is 41.3 Å². The lowest BCUT2D eigenvalue weighted by Crippen LogP contribution is -1.91. The molecule has 19 heavy (non-hydrogen) atoms. The summed E-state index contributed by atoms with van der Waals surface area (Å²) in [5, 5.41) is 3.96. The molecule has 3 aromatic rings. The smallest absolute Gasteiger partial charge is 0.205 e. The van der Waals surface area contributed by atoms with Gasteiger partial charge in [0.25, 0.3) is 0 Å². The van der Waals surface area contributed by atoms with E-state index in [1.54, 1.807) is 0 Å². The Kier molecular flexibility index (Phi) is 2.91. The second kappa shape index (κ2) is 4.59. The highest BCUT2D eigenvalue weighted by Gasteiger charge is 2.05. The average molecular weight is 272 g/mol. The van der Waals surface area contributed by atoms with Crippen LogP contribution in [0.2, 0.25) is 5.02 Å². The SMILES string of the molecule is Cc1cc2nc(Nc3ccc(Cl)cc3)[nH]c2cc1C. The Morgan fingerprint density at radius 3 is 2.47 bits per heavy atom. The highest BCUT2D eigenvalue weighted by molar-refractivity contribution is 6.30. The number of aromatic amines is 1. The zero-order valence-electron chi connectivity index (χ0n) is 10.8. The molecule has 0 saturated carbocycles. The lowest BCUT2D eigenvalue weighted by Gasteiger charge is -2.01. The lowest BCUT2D eigenvalue weighted by atomic mass is 10.1. The van der Waals surface area contributed by atoms with E-state index >= 15 is 0 Å². The molecule has 1 heterocycles. The first kappa shape index (κ1) is 12.1. The summed E-state index contributed by atoms with van der Waals surface area (Å²) in [6.07, 6.45) is 0. The van der Waals surface area contributed by atoms with Crippen LogP contribution in [0.25, 0.3) is 11.0 Å². The quantitative estimate of drug-likeness (QED) is 0.716. The van der Waals surface area contributed by atoms with Crippen molar-refractivity contribution in [2.24, 2.45) is 0 Å². The molecular formula is C15H14ClN3. The Balaban J connectivity index is 1.95. The molecule has 0 saturated heterocycles. The number of nitrogens with one attached hydrogen (secondary N) is 2. The van der Waals surface area contributed by atoms with Crippen molar-refractivity contribution in [3.63, 3.8) is 0 Å². The fraction of sp³-hybridized carbons (Fsp3) is 0.133. The van der Waals surface area contributed by atoms with E-state index in [-0.39, 0.29) is 0 Å². The first-order valence-electron chi connectivity index (χ1n) is 6.11. The molecule has 0 bridgehead atoms. The first-order chi connectivity index (χ1) is 9.11. The number of imidazole rings is 1. The molecule has 0 aliphatic carbocycles. The van der Waals surface area contributed by atoms with Crippen molar-refractivity contribution in [3.8, 4) is 0 Å². The van der Waals surface area contributed by atoms with Gasteiger partial charge in [0, 0.05) is 10.7 Å². The monoisotopic (exact) mass is 271 g/mol. The molecule has 3 rings (SSSR count). The maximum atomic E-state index is 5.86. The van der Waals surface area contributed by atoms with E-state index < -0.39 is 0 Å². The summed E-state index contributed by atoms with van der Waals surface area (Å²) in [5.41, 5.74) is 5.47. The van der Waals surface area contributed by atoms with Crippen LogP contribution in [0.15, 0.2) is 36.4 Å². The second-order valence-electron chi connectivity index (χ2n) is 4.67. The summed E-state index contributed by atoms with van der Waals surface area (Å²) >= 11 is 5.86. The molecule has 0 amide bonds. The normalized spacial score (nSPS) is 10.9. The summed E-state index contributed by atoms with van der Waals surface area (Å²) in [7, 11) is 0. The van der Waals surface area contributed by atoms with Crippen LogP contribution >= 0.6 is 11.6 Å². The fourth-order valence-electron chi connectivity index (χ4n) is 2.00. The van der Waals surface area contributed by atoms with Crippen LogP contribution < -0.4 is 5.32 Å². The van der Waals surface area contributed by atoms with Gasteiger partial charge in [-0.15, -0.1) is 0 Å². The minimum atomic E-state index is 0.724. The zero-order chi connectivity index (χ0) is 13.4. The summed E-state index contributed by atoms with van der Waals surface area (Å²) in [5.74, 6) is 0.738. The Morgan fingerprint density at radius 2 is 1.74 bits per heavy atom. The number of aromatic nitrogens is 2. The average Bonchev–Trinajstić information content (AvgIpc) is 2.74. The number of aryl methyl sites for hydroxylation is 2. The van der Waals surface area contributed by atoms with Crippen molar-refractivity contribution in [2.45, 2.75) is 13.8 Å². The van der Waals surface area contributed by atoms with Gasteiger partial charge in [-0.1, -0.05) is 11.6 Å². The Hall–Kier alpha value is -2.00. The molecule has 1 aromatic heterocycles. The Labute approximate surface area is 116 Å². The van der Waals surface area contributed by atoms with E-state index in [0.29, 0.717) is 0 Å². The number of fused-ring (bicyclic) bond motifs is 1. The molecule has 0 radical (unpaired) electrons. The largest absolute Gasteiger partial charge is 0.326 e. The highest BCUT2D eigenvalue weighted by Crippen LogP contribution is 2.22. The number of hydrogen-bond acceptors (Lipinski definition) is 2. The molecule has 0 atom stereocenters. The van der Waals surface area contributed by atoms with Gasteiger partial charge in [-0.05, 0) is 61.4 Å². The van der Waals surface area contributed by atoms with Crippen molar-refractivity contribution in [1.29, 1.82) is 0 Å². The van der Waals surface area contributed by atoms with Gasteiger partial charge in [-0.3, -0.25) is 0 Å². The molecule has 0 unspecified atom stereocenters. The van der Waals surface area contributed by atoms with Crippen LogP contribution in [0, 0.1) is 13.8 Å². The third-order valence-electron chi connectivity index (χ3n) is 3.20. The predicted molar refractivity (Wildman–Crippen MR) is 80.3 cm³/mol. The maximum absolute atomic E-state index is 5.86. The van der Waals surface area contributed by atoms with E-state index in [1.165, 1.54) is 11.1 Å². The van der Waals surface area contributed by atoms with E-state index in [1.807, 2.05) is 24.3 Å². The van der Waals surface area contributed by atoms with Gasteiger partial charge in [0.1, 0.15) is 0 Å². The van der Waals surface area contributed by atoms with Crippen molar-refractivity contribution in [2.75, 3.05) is 5.32 Å². The van der Waals surface area contributed by atoms with Gasteiger partial charge in [0.2, 0.25) is 5.95 Å². The minimum absolute atomic E-state index is 0.724. The van der Waals surface area contributed by atoms with Gasteiger partial charge in [-0.25, -0.2) is 4.98 Å². The minimum Gasteiger partial charge on any atom is -0.326 e. The zero-order valence-corrected chi connectivity index (χ0v) is 11.5. The van der Waals surface area contributed by atoms with Crippen LogP contribution in [0.3, 0.4) is 0 Å². The number of anilines is 2. The van der Waals surface area contributed by atoms with Crippen LogP contribution in [0.5, 0.6) is 0 Å². The van der Waals surface area contributed by atoms with Gasteiger partial charge >= 0.3 is 0 Å². The maximum Gasteiger partial charge on any atom is 0.205 e. The van der Waals surface area contributed by atoms with E-state index in [9.17, 15) is 0 Å². The summed E-state index contributed by atoms with van der Waals surface area (Å²) in [6.45, 7) is 4.19. The van der Waals surface area contributed by atoms with Crippen LogP contribution in [-0.2, 0) is 0 Å². The molecule has 96 valence electrons. The van der Waals surface area contributed by atoms with Crippen molar-refractivity contribution in [3.05, 3.63) is 52.5 Å². The Bertz CT molecular complexity index is 690. The van der Waals surface area contributed by atoms with Gasteiger partial charge in [0.05, 0.1) is 11.0 Å². The summed E-state index contributed by atoms with van der Waals surface area (Å²) in [6, 6.07) is 11.7. The lowest BCUT2D eigenvalue weighted by molar-refractivity contribution is 1.31. The molecular weight excluding hydrogens is 258 g/mol. The van der Waals surface area contributed by atoms with Crippen LogP contribution in [-0.4, -0.2) is 9.97 Å². The third-order valence-corrected chi connectivity index (χ3v) is 3.46. The summed E-state index contributed by atoms with van der Waals surface area (Å²) in [4.78, 5) is 7.80. The number of rotatable bonds is 2. The highest BCUT2D eigenvalue weighted by atomic mass is 35.5. The molecule has 0 aliphatic heterocycles. The fourth-order valence-corrected chi connectivity index (χ4v) is 2.12. The van der Waals surface area contributed by atoms with Gasteiger partial charge < -0.3 is 10.3 Å². The first-order valence-corrected chi connectivity index (χ1v) is 6.49. The van der Waals surface area contributed by atoms with E-state index in [4.69, 9.17) is 11.6 Å². The molecule has 0 aliphatic rings. The van der Waals surface area contributed by atoms with Gasteiger partial charge in [0.15, 0.2) is 0 Å². The predicted octanol–water partition coefficient (Wildman–Crippen LogP) is 4.58. The van der Waals surface area contributed by atoms with Crippen molar-refractivity contribution < 1.29 is 0 Å². The van der Waals surface area contributed by atoms with Gasteiger partial charge in [-0.2, -0.15) is 0 Å². The van der Waals surface area contributed by atoms with Crippen molar-refractivity contribution in [1.82, 2.24) is 9.97 Å². The van der Waals surface area contributed by atoms with E-state index in [0.717, 1.165) is 27.7 Å². The number of benzene rings is 2. The Morgan fingerprint density at radius 1 is 1.05 bits per heavy atom.